The van der Waals surface area contributed by atoms with Crippen molar-refractivity contribution in [3.05, 3.63) is 35.8 Å². The Morgan fingerprint density at radius 3 is 3.03 bits per heavy atom. The maximum Gasteiger partial charge on any atom is 0.225 e. The van der Waals surface area contributed by atoms with Gasteiger partial charge in [0.15, 0.2) is 6.21 Å². The van der Waals surface area contributed by atoms with Gasteiger partial charge < -0.3 is 15.4 Å². The van der Waals surface area contributed by atoms with Gasteiger partial charge in [-0.3, -0.25) is 4.79 Å². The molecule has 0 spiro atoms. The number of ether oxygens (including phenoxy) is 1. The van der Waals surface area contributed by atoms with Crippen molar-refractivity contribution in [1.82, 2.24) is 14.5 Å². The zero-order valence-corrected chi connectivity index (χ0v) is 17.3. The molecule has 1 amide bonds. The summed E-state index contributed by atoms with van der Waals surface area (Å²) < 4.78 is 8.95. The fourth-order valence-corrected chi connectivity index (χ4v) is 4.50. The number of rotatable bonds is 4. The number of aromatic nitrogens is 2. The standard InChI is InChI=1S/C22H24N7O2/c1-31-20-6-16(13-29-21(20)17(7-23)8-26-29)18-9-25-28(12-18)11-14-2-3-27(10-14)22(30)15-4-19(24)5-15/h6,8-9,11-15,19H,2-5,10,24H2,1H3/q+1/b28-11-. The average Bonchev–Trinajstić information content (AvgIpc) is 3.50. The van der Waals surface area contributed by atoms with E-state index in [2.05, 4.69) is 22.5 Å². The summed E-state index contributed by atoms with van der Waals surface area (Å²) in [5.41, 5.74) is 8.75. The van der Waals surface area contributed by atoms with Gasteiger partial charge in [0.2, 0.25) is 12.1 Å². The number of nitrogens with zero attached hydrogens (tertiary/aromatic N) is 6. The Hall–Kier alpha value is -3.51. The Kier molecular flexibility index (Phi) is 4.79. The van der Waals surface area contributed by atoms with Gasteiger partial charge in [-0.1, -0.05) is 4.68 Å². The van der Waals surface area contributed by atoms with E-state index in [1.807, 2.05) is 28.0 Å². The Morgan fingerprint density at radius 1 is 1.45 bits per heavy atom. The summed E-state index contributed by atoms with van der Waals surface area (Å²) >= 11 is 0. The Bertz CT molecular complexity index is 1180. The minimum atomic E-state index is 0.110. The van der Waals surface area contributed by atoms with E-state index in [0.717, 1.165) is 43.5 Å². The summed E-state index contributed by atoms with van der Waals surface area (Å²) in [6.07, 6.45) is 11.8. The number of allylic oxidation sites excluding steroid dienone is 1. The predicted molar refractivity (Wildman–Crippen MR) is 115 cm³/mol. The molecule has 31 heavy (non-hydrogen) atoms. The fraction of sp³-hybridized carbons (Fsp3) is 0.409. The molecule has 0 bridgehead atoms. The summed E-state index contributed by atoms with van der Waals surface area (Å²) in [6, 6.07) is 4.21. The number of nitriles is 1. The third kappa shape index (κ3) is 3.49. The van der Waals surface area contributed by atoms with Crippen molar-refractivity contribution < 1.29 is 14.2 Å². The number of amides is 1. The number of hydrazone groups is 1. The highest BCUT2D eigenvalue weighted by Gasteiger charge is 2.37. The van der Waals surface area contributed by atoms with Crippen molar-refractivity contribution in [3.8, 4) is 11.8 Å². The number of hydrogen-bond donors (Lipinski definition) is 1. The lowest BCUT2D eigenvalue weighted by atomic mass is 9.80. The van der Waals surface area contributed by atoms with Crippen molar-refractivity contribution in [1.29, 1.82) is 5.26 Å². The number of methoxy groups -OCH3 is 1. The van der Waals surface area contributed by atoms with E-state index in [-0.39, 0.29) is 23.8 Å². The zero-order chi connectivity index (χ0) is 21.5. The zero-order valence-electron chi connectivity index (χ0n) is 17.3. The highest BCUT2D eigenvalue weighted by atomic mass is 16.5. The molecule has 2 N–H and O–H groups in total. The molecule has 1 saturated heterocycles. The Morgan fingerprint density at radius 2 is 2.29 bits per heavy atom. The van der Waals surface area contributed by atoms with Crippen LogP contribution in [0.25, 0.3) is 11.1 Å². The van der Waals surface area contributed by atoms with Crippen molar-refractivity contribution in [2.75, 3.05) is 20.2 Å². The van der Waals surface area contributed by atoms with E-state index < -0.39 is 0 Å². The fourth-order valence-electron chi connectivity index (χ4n) is 4.50. The van der Waals surface area contributed by atoms with Crippen molar-refractivity contribution in [2.45, 2.75) is 25.3 Å². The molecular formula is C22H24N7O2+. The van der Waals surface area contributed by atoms with Crippen LogP contribution in [-0.2, 0) is 4.79 Å². The van der Waals surface area contributed by atoms with Crippen LogP contribution in [0.2, 0.25) is 0 Å². The summed E-state index contributed by atoms with van der Waals surface area (Å²) in [7, 11) is 1.58. The van der Waals surface area contributed by atoms with Crippen molar-refractivity contribution >= 4 is 29.4 Å². The largest absolute Gasteiger partial charge is 0.494 e. The molecule has 9 nitrogen and oxygen atoms in total. The Balaban J connectivity index is 1.32. The minimum Gasteiger partial charge on any atom is -0.494 e. The van der Waals surface area contributed by atoms with E-state index in [4.69, 9.17) is 10.5 Å². The number of nitrogens with two attached hydrogens (primary N) is 1. The number of carbonyl (C=O) groups excluding carboxylic acids is 1. The van der Waals surface area contributed by atoms with Gasteiger partial charge in [-0.2, -0.15) is 10.4 Å². The maximum absolute atomic E-state index is 12.5. The average molecular weight is 418 g/mol. The molecule has 0 aromatic carbocycles. The van der Waals surface area contributed by atoms with Crippen LogP contribution in [-0.4, -0.2) is 63.8 Å². The molecule has 1 unspecified atom stereocenters. The van der Waals surface area contributed by atoms with Crippen LogP contribution >= 0.6 is 0 Å². The molecule has 4 heterocycles. The quantitative estimate of drug-likeness (QED) is 0.751. The second kappa shape index (κ2) is 7.63. The van der Waals surface area contributed by atoms with Gasteiger partial charge in [0.1, 0.15) is 29.1 Å². The molecule has 1 aliphatic carbocycles. The first kappa shape index (κ1) is 19.5. The molecule has 2 aromatic heterocycles. The van der Waals surface area contributed by atoms with E-state index >= 15 is 0 Å². The van der Waals surface area contributed by atoms with E-state index in [1.165, 1.54) is 6.20 Å². The lowest BCUT2D eigenvalue weighted by molar-refractivity contribution is -0.454. The van der Waals surface area contributed by atoms with E-state index in [0.29, 0.717) is 16.8 Å². The predicted octanol–water partition coefficient (Wildman–Crippen LogP) is 1.22. The van der Waals surface area contributed by atoms with Crippen LogP contribution in [0.1, 0.15) is 30.4 Å². The topological polar surface area (TPSA) is 112 Å². The molecule has 3 aliphatic rings. The highest BCUT2D eigenvalue weighted by Crippen LogP contribution is 2.30. The first-order chi connectivity index (χ1) is 15.1. The molecule has 5 rings (SSSR count). The van der Waals surface area contributed by atoms with Gasteiger partial charge in [0.25, 0.3) is 0 Å². The minimum absolute atomic E-state index is 0.110. The number of hydrogen-bond acceptors (Lipinski definition) is 6. The number of pyridine rings is 1. The summed E-state index contributed by atoms with van der Waals surface area (Å²) in [4.78, 5) is 14.5. The summed E-state index contributed by atoms with van der Waals surface area (Å²) in [6.45, 7) is 1.51. The lowest BCUT2D eigenvalue weighted by Gasteiger charge is -2.34. The van der Waals surface area contributed by atoms with Gasteiger partial charge in [-0.05, 0) is 30.4 Å². The number of carbonyl (C=O) groups is 1. The van der Waals surface area contributed by atoms with Crippen molar-refractivity contribution in [3.63, 3.8) is 0 Å². The molecule has 2 aliphatic heterocycles. The van der Waals surface area contributed by atoms with Crippen LogP contribution in [0.15, 0.2) is 29.8 Å². The van der Waals surface area contributed by atoms with Crippen LogP contribution in [0, 0.1) is 23.2 Å². The molecule has 1 saturated carbocycles. The third-order valence-corrected chi connectivity index (χ3v) is 6.28. The second-order valence-electron chi connectivity index (χ2n) is 8.38. The van der Waals surface area contributed by atoms with Gasteiger partial charge >= 0.3 is 0 Å². The molecule has 0 radical (unpaired) electrons. The lowest BCUT2D eigenvalue weighted by Crippen LogP contribution is -2.46. The summed E-state index contributed by atoms with van der Waals surface area (Å²) in [5, 5.41) is 18.0. The van der Waals surface area contributed by atoms with Crippen LogP contribution in [0.3, 0.4) is 0 Å². The van der Waals surface area contributed by atoms with Crippen LogP contribution in [0.5, 0.6) is 5.75 Å². The van der Waals surface area contributed by atoms with E-state index in [1.54, 1.807) is 17.8 Å². The maximum atomic E-state index is 12.5. The smallest absolute Gasteiger partial charge is 0.225 e. The Labute approximate surface area is 179 Å². The van der Waals surface area contributed by atoms with Crippen molar-refractivity contribution in [2.24, 2.45) is 22.7 Å². The first-order valence-corrected chi connectivity index (χ1v) is 10.4. The monoisotopic (exact) mass is 418 g/mol. The van der Waals surface area contributed by atoms with E-state index in [9.17, 15) is 10.1 Å². The molecule has 2 aromatic rings. The summed E-state index contributed by atoms with van der Waals surface area (Å²) in [5.74, 6) is 1.21. The molecular weight excluding hydrogens is 394 g/mol. The van der Waals surface area contributed by atoms with Gasteiger partial charge in [-0.25, -0.2) is 4.52 Å². The third-order valence-electron chi connectivity index (χ3n) is 6.28. The van der Waals surface area contributed by atoms with Gasteiger partial charge in [0, 0.05) is 36.8 Å². The molecule has 1 atom stereocenters. The molecule has 158 valence electrons. The normalized spacial score (nSPS) is 26.2. The van der Waals surface area contributed by atoms with Gasteiger partial charge in [0.05, 0.1) is 24.8 Å². The van der Waals surface area contributed by atoms with Crippen LogP contribution in [0.4, 0.5) is 0 Å². The molecule has 9 heteroatoms. The molecule has 2 fully saturated rings. The number of likely N-dealkylation sites (tertiary alicyclic amines) is 1. The number of fused-ring (bicyclic) bond motifs is 1. The highest BCUT2D eigenvalue weighted by molar-refractivity contribution is 6.10. The first-order valence-electron chi connectivity index (χ1n) is 10.4. The second-order valence-corrected chi connectivity index (χ2v) is 8.38. The van der Waals surface area contributed by atoms with Gasteiger partial charge in [-0.15, -0.1) is 0 Å². The van der Waals surface area contributed by atoms with Crippen LogP contribution < -0.4 is 10.5 Å². The SMILES string of the molecule is COc1cc(C2=C/[N+](=C/C3CCN(C(=O)C4CC(N)C4)C3)N=C2)cn2ncc(C#N)c12.